The fourth-order valence-corrected chi connectivity index (χ4v) is 5.86. The van der Waals surface area contributed by atoms with E-state index in [1.54, 1.807) is 12.1 Å². The van der Waals surface area contributed by atoms with Crippen LogP contribution in [0.2, 0.25) is 0 Å². The van der Waals surface area contributed by atoms with Crippen molar-refractivity contribution in [3.63, 3.8) is 0 Å². The lowest BCUT2D eigenvalue weighted by Gasteiger charge is -2.42. The molecule has 0 bridgehead atoms. The van der Waals surface area contributed by atoms with Gasteiger partial charge < -0.3 is 14.9 Å². The van der Waals surface area contributed by atoms with Crippen molar-refractivity contribution < 1.29 is 14.7 Å². The number of piperidine rings is 1. The third kappa shape index (κ3) is 6.00. The first-order valence-corrected chi connectivity index (χ1v) is 14.3. The van der Waals surface area contributed by atoms with E-state index in [0.29, 0.717) is 30.4 Å². The number of benzene rings is 3. The number of likely N-dealkylation sites (tertiary alicyclic amines) is 1. The van der Waals surface area contributed by atoms with Gasteiger partial charge >= 0.3 is 0 Å². The van der Waals surface area contributed by atoms with Gasteiger partial charge in [0.2, 0.25) is 0 Å². The highest BCUT2D eigenvalue weighted by atomic mass is 16.3. The Hall–Kier alpha value is -4.49. The van der Waals surface area contributed by atoms with E-state index in [1.807, 2.05) is 94.7 Å². The molecular formula is C34H34N4O3. The van der Waals surface area contributed by atoms with Crippen LogP contribution < -0.4 is 0 Å². The van der Waals surface area contributed by atoms with Crippen molar-refractivity contribution in [2.24, 2.45) is 0 Å². The molecular weight excluding hydrogens is 512 g/mol. The predicted octanol–water partition coefficient (Wildman–Crippen LogP) is 5.18. The van der Waals surface area contributed by atoms with Crippen LogP contribution in [0.25, 0.3) is 22.5 Å². The first-order valence-electron chi connectivity index (χ1n) is 14.3. The van der Waals surface area contributed by atoms with Crippen LogP contribution in [0.15, 0.2) is 97.1 Å². The number of carbonyl (C=O) groups excluding carboxylic acids is 2. The standard InChI is InChI=1S/C34H34N4O3/c39-30-13-11-26(12-14-30)32-24-28(23-31(35-32)25-7-3-1-4-8-25)34(41)38-21-19-36(20-22-38)29-15-17-37(18-16-29)33(40)27-9-5-2-6-10-27/h1-14,23-24,29,39H,15-22H2. The molecule has 2 saturated heterocycles. The summed E-state index contributed by atoms with van der Waals surface area (Å²) in [5.41, 5.74) is 4.60. The van der Waals surface area contributed by atoms with E-state index in [1.165, 1.54) is 0 Å². The molecule has 0 atom stereocenters. The Bertz CT molecular complexity index is 1490. The maximum atomic E-state index is 13.8. The summed E-state index contributed by atoms with van der Waals surface area (Å²) in [4.78, 5) is 37.8. The highest BCUT2D eigenvalue weighted by Gasteiger charge is 2.31. The molecule has 1 N–H and O–H groups in total. The third-order valence-electron chi connectivity index (χ3n) is 8.20. The summed E-state index contributed by atoms with van der Waals surface area (Å²) in [5.74, 6) is 0.307. The van der Waals surface area contributed by atoms with Crippen LogP contribution in [0, 0.1) is 0 Å². The van der Waals surface area contributed by atoms with E-state index in [0.717, 1.165) is 61.4 Å². The number of phenols is 1. The molecule has 41 heavy (non-hydrogen) atoms. The highest BCUT2D eigenvalue weighted by molar-refractivity contribution is 5.96. The molecule has 0 radical (unpaired) electrons. The van der Waals surface area contributed by atoms with Crippen molar-refractivity contribution in [1.82, 2.24) is 19.7 Å². The number of aromatic hydroxyl groups is 1. The molecule has 7 heteroatoms. The van der Waals surface area contributed by atoms with Crippen LogP contribution in [0.5, 0.6) is 5.75 Å². The zero-order valence-corrected chi connectivity index (χ0v) is 23.0. The van der Waals surface area contributed by atoms with Crippen LogP contribution in [-0.2, 0) is 0 Å². The maximum absolute atomic E-state index is 13.8. The first kappa shape index (κ1) is 26.7. The van der Waals surface area contributed by atoms with Gasteiger partial charge in [0.25, 0.3) is 11.8 Å². The van der Waals surface area contributed by atoms with E-state index < -0.39 is 0 Å². The van der Waals surface area contributed by atoms with Gasteiger partial charge in [-0.15, -0.1) is 0 Å². The molecule has 2 fully saturated rings. The lowest BCUT2D eigenvalue weighted by Crippen LogP contribution is -2.54. The molecule has 3 heterocycles. The van der Waals surface area contributed by atoms with Crippen molar-refractivity contribution in [1.29, 1.82) is 0 Å². The number of piperazine rings is 1. The lowest BCUT2D eigenvalue weighted by atomic mass is 10.0. The van der Waals surface area contributed by atoms with Crippen LogP contribution in [0.4, 0.5) is 0 Å². The van der Waals surface area contributed by atoms with Crippen molar-refractivity contribution >= 4 is 11.8 Å². The van der Waals surface area contributed by atoms with Gasteiger partial charge in [-0.1, -0.05) is 48.5 Å². The van der Waals surface area contributed by atoms with Crippen molar-refractivity contribution in [2.75, 3.05) is 39.3 Å². The number of aromatic nitrogens is 1. The Morgan fingerprint density at radius 1 is 0.610 bits per heavy atom. The van der Waals surface area contributed by atoms with Gasteiger partial charge in [-0.2, -0.15) is 0 Å². The molecule has 2 aliphatic heterocycles. The van der Waals surface area contributed by atoms with Gasteiger partial charge in [-0.25, -0.2) is 4.98 Å². The molecule has 1 aromatic heterocycles. The minimum Gasteiger partial charge on any atom is -0.508 e. The molecule has 7 nitrogen and oxygen atoms in total. The largest absolute Gasteiger partial charge is 0.508 e. The zero-order chi connectivity index (χ0) is 28.2. The second-order valence-electron chi connectivity index (χ2n) is 10.8. The maximum Gasteiger partial charge on any atom is 0.254 e. The summed E-state index contributed by atoms with van der Waals surface area (Å²) in [6.07, 6.45) is 1.90. The number of pyridine rings is 1. The van der Waals surface area contributed by atoms with Crippen LogP contribution >= 0.6 is 0 Å². The molecule has 3 aromatic carbocycles. The monoisotopic (exact) mass is 546 g/mol. The summed E-state index contributed by atoms with van der Waals surface area (Å²) in [6.45, 7) is 4.50. The number of rotatable bonds is 5. The number of carbonyl (C=O) groups is 2. The highest BCUT2D eigenvalue weighted by Crippen LogP contribution is 2.27. The van der Waals surface area contributed by atoms with Crippen LogP contribution in [-0.4, -0.2) is 81.9 Å². The van der Waals surface area contributed by atoms with Gasteiger partial charge in [0, 0.05) is 67.6 Å². The summed E-state index contributed by atoms with van der Waals surface area (Å²) < 4.78 is 0. The molecule has 208 valence electrons. The summed E-state index contributed by atoms with van der Waals surface area (Å²) in [7, 11) is 0. The van der Waals surface area contributed by atoms with E-state index in [9.17, 15) is 14.7 Å². The normalized spacial score (nSPS) is 16.5. The Morgan fingerprint density at radius 3 is 1.73 bits per heavy atom. The number of hydrogen-bond donors (Lipinski definition) is 1. The van der Waals surface area contributed by atoms with E-state index in [4.69, 9.17) is 4.98 Å². The Morgan fingerprint density at radius 2 is 1.12 bits per heavy atom. The number of amides is 2. The van der Waals surface area contributed by atoms with Crippen LogP contribution in [0.3, 0.4) is 0 Å². The summed E-state index contributed by atoms with van der Waals surface area (Å²) >= 11 is 0. The molecule has 0 spiro atoms. The molecule has 2 amide bonds. The van der Waals surface area contributed by atoms with Gasteiger partial charge in [0.05, 0.1) is 11.4 Å². The molecule has 0 saturated carbocycles. The van der Waals surface area contributed by atoms with Crippen molar-refractivity contribution in [3.8, 4) is 28.3 Å². The Kier molecular flexibility index (Phi) is 7.78. The molecule has 0 aliphatic carbocycles. The molecule has 6 rings (SSSR count). The fraction of sp³-hybridized carbons (Fsp3) is 0.265. The van der Waals surface area contributed by atoms with Crippen LogP contribution in [0.1, 0.15) is 33.6 Å². The summed E-state index contributed by atoms with van der Waals surface area (Å²) in [6, 6.07) is 30.5. The average Bonchev–Trinajstić information content (AvgIpc) is 3.05. The van der Waals surface area contributed by atoms with Crippen molar-refractivity contribution in [3.05, 3.63) is 108 Å². The zero-order valence-electron chi connectivity index (χ0n) is 23.0. The Balaban J connectivity index is 1.12. The molecule has 4 aromatic rings. The lowest BCUT2D eigenvalue weighted by molar-refractivity contribution is 0.0412. The van der Waals surface area contributed by atoms with Gasteiger partial charge in [-0.05, 0) is 61.4 Å². The first-order chi connectivity index (χ1) is 20.0. The molecule has 0 unspecified atom stereocenters. The van der Waals surface area contributed by atoms with E-state index >= 15 is 0 Å². The number of phenolic OH excluding ortho intramolecular Hbond substituents is 1. The Labute approximate surface area is 240 Å². The average molecular weight is 547 g/mol. The predicted molar refractivity (Wildman–Crippen MR) is 160 cm³/mol. The van der Waals surface area contributed by atoms with Gasteiger partial charge in [-0.3, -0.25) is 14.5 Å². The minimum absolute atomic E-state index is 0.00698. The fourth-order valence-electron chi connectivity index (χ4n) is 5.86. The molecule has 2 aliphatic rings. The second-order valence-corrected chi connectivity index (χ2v) is 10.8. The number of nitrogens with zero attached hydrogens (tertiary/aromatic N) is 4. The summed E-state index contributed by atoms with van der Waals surface area (Å²) in [5, 5.41) is 9.75. The van der Waals surface area contributed by atoms with E-state index in [2.05, 4.69) is 4.90 Å². The van der Waals surface area contributed by atoms with Gasteiger partial charge in [0.15, 0.2) is 0 Å². The SMILES string of the molecule is O=C(c1ccccc1)N1CCC(N2CCN(C(=O)c3cc(-c4ccccc4)nc(-c4ccc(O)cc4)c3)CC2)CC1. The second kappa shape index (κ2) is 11.9. The van der Waals surface area contributed by atoms with Crippen molar-refractivity contribution in [2.45, 2.75) is 18.9 Å². The number of hydrogen-bond acceptors (Lipinski definition) is 5. The topological polar surface area (TPSA) is 77.0 Å². The smallest absolute Gasteiger partial charge is 0.254 e. The third-order valence-corrected chi connectivity index (χ3v) is 8.20. The van der Waals surface area contributed by atoms with E-state index in [-0.39, 0.29) is 17.6 Å². The minimum atomic E-state index is 0.00698. The quantitative estimate of drug-likeness (QED) is 0.373. The van der Waals surface area contributed by atoms with Gasteiger partial charge in [0.1, 0.15) is 5.75 Å².